The molecule has 2 aromatic rings. The average molecular weight is 362 g/mol. The third-order valence-corrected chi connectivity index (χ3v) is 3.72. The quantitative estimate of drug-likeness (QED) is 0.671. The standard InChI is InChI=1S/C19H23FN2O4/c1-24-16-10-15(11-17(25-2)19(16)26-3)22-18(23)8-9-21-12-13-4-6-14(20)7-5-13/h4-7,10-11,21H,8-9,12H2,1-3H3,(H,22,23). The molecule has 0 saturated carbocycles. The Morgan fingerprint density at radius 3 is 2.15 bits per heavy atom. The number of nitrogens with one attached hydrogen (secondary N) is 2. The van der Waals surface area contributed by atoms with Crippen LogP contribution in [-0.2, 0) is 11.3 Å². The van der Waals surface area contributed by atoms with Crippen molar-refractivity contribution in [1.29, 1.82) is 0 Å². The van der Waals surface area contributed by atoms with Crippen LogP contribution < -0.4 is 24.8 Å². The number of ether oxygens (including phenoxy) is 3. The third kappa shape index (κ3) is 5.35. The van der Waals surface area contributed by atoms with Crippen LogP contribution in [0.3, 0.4) is 0 Å². The molecule has 140 valence electrons. The van der Waals surface area contributed by atoms with E-state index in [0.717, 1.165) is 5.56 Å². The molecule has 1 amide bonds. The predicted molar refractivity (Wildman–Crippen MR) is 97.5 cm³/mol. The van der Waals surface area contributed by atoms with E-state index in [0.29, 0.717) is 36.0 Å². The number of carbonyl (C=O) groups is 1. The maximum Gasteiger partial charge on any atom is 0.225 e. The molecule has 0 bridgehead atoms. The van der Waals surface area contributed by atoms with E-state index >= 15 is 0 Å². The summed E-state index contributed by atoms with van der Waals surface area (Å²) in [4.78, 5) is 12.1. The fourth-order valence-corrected chi connectivity index (χ4v) is 2.41. The van der Waals surface area contributed by atoms with Crippen LogP contribution in [0.5, 0.6) is 17.2 Å². The van der Waals surface area contributed by atoms with Gasteiger partial charge in [0.1, 0.15) is 5.82 Å². The average Bonchev–Trinajstić information content (AvgIpc) is 2.65. The van der Waals surface area contributed by atoms with Crippen molar-refractivity contribution in [3.63, 3.8) is 0 Å². The lowest BCUT2D eigenvalue weighted by molar-refractivity contribution is -0.116. The molecule has 0 atom stereocenters. The molecule has 2 rings (SSSR count). The fourth-order valence-electron chi connectivity index (χ4n) is 2.41. The number of hydrogen-bond acceptors (Lipinski definition) is 5. The molecule has 7 heteroatoms. The second kappa shape index (κ2) is 9.62. The van der Waals surface area contributed by atoms with Crippen LogP contribution in [-0.4, -0.2) is 33.8 Å². The highest BCUT2D eigenvalue weighted by Gasteiger charge is 2.14. The van der Waals surface area contributed by atoms with Gasteiger partial charge in [-0.15, -0.1) is 0 Å². The van der Waals surface area contributed by atoms with Crippen molar-refractivity contribution in [2.24, 2.45) is 0 Å². The summed E-state index contributed by atoms with van der Waals surface area (Å²) < 4.78 is 28.6. The Bertz CT molecular complexity index is 710. The van der Waals surface area contributed by atoms with E-state index < -0.39 is 0 Å². The molecule has 2 N–H and O–H groups in total. The van der Waals surface area contributed by atoms with Gasteiger partial charge >= 0.3 is 0 Å². The monoisotopic (exact) mass is 362 g/mol. The zero-order valence-electron chi connectivity index (χ0n) is 15.1. The first-order valence-corrected chi connectivity index (χ1v) is 8.12. The Morgan fingerprint density at radius 2 is 1.62 bits per heavy atom. The second-order valence-electron chi connectivity index (χ2n) is 5.52. The maximum atomic E-state index is 12.8. The molecule has 0 fully saturated rings. The number of halogens is 1. The van der Waals surface area contributed by atoms with Crippen molar-refractivity contribution >= 4 is 11.6 Å². The third-order valence-electron chi connectivity index (χ3n) is 3.72. The van der Waals surface area contributed by atoms with Gasteiger partial charge in [-0.05, 0) is 17.7 Å². The lowest BCUT2D eigenvalue weighted by Crippen LogP contribution is -2.21. The second-order valence-corrected chi connectivity index (χ2v) is 5.52. The van der Waals surface area contributed by atoms with Crippen LogP contribution in [0.2, 0.25) is 0 Å². The van der Waals surface area contributed by atoms with Crippen molar-refractivity contribution in [2.75, 3.05) is 33.2 Å². The van der Waals surface area contributed by atoms with Crippen molar-refractivity contribution in [2.45, 2.75) is 13.0 Å². The van der Waals surface area contributed by atoms with Gasteiger partial charge in [-0.25, -0.2) is 4.39 Å². The van der Waals surface area contributed by atoms with E-state index in [1.807, 2.05) is 0 Å². The summed E-state index contributed by atoms with van der Waals surface area (Å²) in [5.41, 5.74) is 1.51. The number of hydrogen-bond donors (Lipinski definition) is 2. The highest BCUT2D eigenvalue weighted by molar-refractivity contribution is 5.91. The Kier molecular flexibility index (Phi) is 7.23. The molecular formula is C19H23FN2O4. The van der Waals surface area contributed by atoms with Crippen LogP contribution in [0.25, 0.3) is 0 Å². The van der Waals surface area contributed by atoms with E-state index in [9.17, 15) is 9.18 Å². The Balaban J connectivity index is 1.86. The molecule has 0 radical (unpaired) electrons. The Labute approximate surface area is 152 Å². The molecule has 0 aliphatic carbocycles. The van der Waals surface area contributed by atoms with E-state index in [1.54, 1.807) is 24.3 Å². The molecule has 0 aliphatic rings. The summed E-state index contributed by atoms with van der Waals surface area (Å²) >= 11 is 0. The summed E-state index contributed by atoms with van der Waals surface area (Å²) in [6.07, 6.45) is 0.290. The van der Waals surface area contributed by atoms with Gasteiger partial charge in [0.05, 0.1) is 21.3 Å². The highest BCUT2D eigenvalue weighted by Crippen LogP contribution is 2.39. The minimum absolute atomic E-state index is 0.147. The van der Waals surface area contributed by atoms with Gasteiger partial charge in [-0.2, -0.15) is 0 Å². The first kappa shape index (κ1) is 19.5. The van der Waals surface area contributed by atoms with Gasteiger partial charge in [-0.1, -0.05) is 12.1 Å². The molecule has 0 aromatic heterocycles. The first-order chi connectivity index (χ1) is 12.6. The summed E-state index contributed by atoms with van der Waals surface area (Å²) in [6.45, 7) is 1.06. The minimum Gasteiger partial charge on any atom is -0.493 e. The van der Waals surface area contributed by atoms with Crippen LogP contribution in [0.1, 0.15) is 12.0 Å². The number of amides is 1. The molecule has 6 nitrogen and oxygen atoms in total. The molecular weight excluding hydrogens is 339 g/mol. The summed E-state index contributed by atoms with van der Waals surface area (Å²) in [5, 5.41) is 5.95. The van der Waals surface area contributed by atoms with Gasteiger partial charge in [-0.3, -0.25) is 4.79 Å². The van der Waals surface area contributed by atoms with Crippen LogP contribution in [0.4, 0.5) is 10.1 Å². The Hall–Kier alpha value is -2.80. The zero-order chi connectivity index (χ0) is 18.9. The smallest absolute Gasteiger partial charge is 0.225 e. The van der Waals surface area contributed by atoms with Crippen molar-refractivity contribution < 1.29 is 23.4 Å². The van der Waals surface area contributed by atoms with Gasteiger partial charge < -0.3 is 24.8 Å². The van der Waals surface area contributed by atoms with Gasteiger partial charge in [0.15, 0.2) is 11.5 Å². The van der Waals surface area contributed by atoms with Crippen LogP contribution in [0, 0.1) is 5.82 Å². The van der Waals surface area contributed by atoms with Crippen LogP contribution in [0.15, 0.2) is 36.4 Å². The summed E-state index contributed by atoms with van der Waals surface area (Å²) in [6, 6.07) is 9.58. The van der Waals surface area contributed by atoms with E-state index in [2.05, 4.69) is 10.6 Å². The number of carbonyl (C=O) groups excluding carboxylic acids is 1. The van der Waals surface area contributed by atoms with E-state index in [4.69, 9.17) is 14.2 Å². The molecule has 26 heavy (non-hydrogen) atoms. The van der Waals surface area contributed by atoms with E-state index in [-0.39, 0.29) is 18.1 Å². The molecule has 0 aliphatic heterocycles. The number of anilines is 1. The molecule has 0 heterocycles. The predicted octanol–water partition coefficient (Wildman–Crippen LogP) is 2.97. The molecule has 0 spiro atoms. The van der Waals surface area contributed by atoms with Crippen molar-refractivity contribution in [3.8, 4) is 17.2 Å². The topological polar surface area (TPSA) is 68.8 Å². The minimum atomic E-state index is -0.265. The van der Waals surface area contributed by atoms with Gasteiger partial charge in [0.25, 0.3) is 0 Å². The van der Waals surface area contributed by atoms with Crippen molar-refractivity contribution in [1.82, 2.24) is 5.32 Å². The number of benzene rings is 2. The highest BCUT2D eigenvalue weighted by atomic mass is 19.1. The maximum absolute atomic E-state index is 12.8. The zero-order valence-corrected chi connectivity index (χ0v) is 15.1. The largest absolute Gasteiger partial charge is 0.493 e. The first-order valence-electron chi connectivity index (χ1n) is 8.12. The SMILES string of the molecule is COc1cc(NC(=O)CCNCc2ccc(F)cc2)cc(OC)c1OC. The van der Waals surface area contributed by atoms with Crippen molar-refractivity contribution in [3.05, 3.63) is 47.8 Å². The summed E-state index contributed by atoms with van der Waals surface area (Å²) in [7, 11) is 4.55. The lowest BCUT2D eigenvalue weighted by atomic mass is 10.2. The lowest BCUT2D eigenvalue weighted by Gasteiger charge is -2.14. The normalized spacial score (nSPS) is 10.3. The van der Waals surface area contributed by atoms with Crippen LogP contribution >= 0.6 is 0 Å². The summed E-state index contributed by atoms with van der Waals surface area (Å²) in [5.74, 6) is 0.992. The molecule has 0 saturated heterocycles. The molecule has 0 unspecified atom stereocenters. The Morgan fingerprint density at radius 1 is 1.00 bits per heavy atom. The molecule has 2 aromatic carbocycles. The van der Waals surface area contributed by atoms with Gasteiger partial charge in [0, 0.05) is 37.3 Å². The number of rotatable bonds is 9. The fraction of sp³-hybridized carbons (Fsp3) is 0.316. The number of methoxy groups -OCH3 is 3. The van der Waals surface area contributed by atoms with Gasteiger partial charge in [0.2, 0.25) is 11.7 Å². The van der Waals surface area contributed by atoms with E-state index in [1.165, 1.54) is 33.5 Å².